The standard InChI is InChI=1S/C23H21ClN2O5S/c1-15-12-17(23(28)31-3)10-11-21(15)25-22(27)16-6-4-9-20(13-16)32(29,30)26(2)19-8-5-7-18(24)14-19/h4-14H,1-3H3,(H,25,27). The summed E-state index contributed by atoms with van der Waals surface area (Å²) in [7, 11) is -1.21. The average molecular weight is 473 g/mol. The first kappa shape index (κ1) is 23.3. The van der Waals surface area contributed by atoms with Crippen LogP contribution in [0.2, 0.25) is 5.02 Å². The van der Waals surface area contributed by atoms with Crippen molar-refractivity contribution in [2.75, 3.05) is 23.8 Å². The molecule has 0 spiro atoms. The van der Waals surface area contributed by atoms with E-state index in [2.05, 4.69) is 10.1 Å². The molecule has 166 valence electrons. The number of carbonyl (C=O) groups is 2. The van der Waals surface area contributed by atoms with E-state index >= 15 is 0 Å². The highest BCUT2D eigenvalue weighted by Crippen LogP contribution is 2.25. The zero-order chi connectivity index (χ0) is 23.5. The number of rotatable bonds is 6. The molecular formula is C23H21ClN2O5S. The summed E-state index contributed by atoms with van der Waals surface area (Å²) in [6, 6.07) is 16.9. The Hall–Kier alpha value is -3.36. The molecule has 3 rings (SSSR count). The molecule has 0 radical (unpaired) electrons. The maximum Gasteiger partial charge on any atom is 0.337 e. The smallest absolute Gasteiger partial charge is 0.337 e. The van der Waals surface area contributed by atoms with Gasteiger partial charge in [-0.05, 0) is 67.1 Å². The molecule has 1 N–H and O–H groups in total. The van der Waals surface area contributed by atoms with Crippen LogP contribution in [-0.4, -0.2) is 34.5 Å². The Labute approximate surface area is 191 Å². The van der Waals surface area contributed by atoms with Crippen molar-refractivity contribution in [3.8, 4) is 0 Å². The van der Waals surface area contributed by atoms with Crippen LogP contribution in [0.15, 0.2) is 71.6 Å². The fraction of sp³-hybridized carbons (Fsp3) is 0.130. The van der Waals surface area contributed by atoms with Gasteiger partial charge in [0, 0.05) is 23.3 Å². The van der Waals surface area contributed by atoms with Crippen molar-refractivity contribution < 1.29 is 22.7 Å². The predicted octanol–water partition coefficient (Wildman–Crippen LogP) is 4.51. The maximum absolute atomic E-state index is 13.1. The Morgan fingerprint density at radius 2 is 1.69 bits per heavy atom. The normalized spacial score (nSPS) is 11.0. The van der Waals surface area contributed by atoms with E-state index in [0.717, 1.165) is 4.31 Å². The minimum absolute atomic E-state index is 0.0367. The third-order valence-corrected chi connectivity index (χ3v) is 6.84. The molecule has 0 aliphatic rings. The van der Waals surface area contributed by atoms with Gasteiger partial charge in [0.05, 0.1) is 23.3 Å². The average Bonchev–Trinajstić information content (AvgIpc) is 2.79. The van der Waals surface area contributed by atoms with Crippen molar-refractivity contribution in [3.63, 3.8) is 0 Å². The third-order valence-electron chi connectivity index (χ3n) is 4.82. The number of amides is 1. The summed E-state index contributed by atoms with van der Waals surface area (Å²) in [5.74, 6) is -0.964. The molecule has 7 nitrogen and oxygen atoms in total. The lowest BCUT2D eigenvalue weighted by atomic mass is 10.1. The van der Waals surface area contributed by atoms with Crippen molar-refractivity contribution in [2.24, 2.45) is 0 Å². The zero-order valence-electron chi connectivity index (χ0n) is 17.6. The summed E-state index contributed by atoms with van der Waals surface area (Å²) in [6.45, 7) is 1.74. The first-order chi connectivity index (χ1) is 15.1. The SMILES string of the molecule is COC(=O)c1ccc(NC(=O)c2cccc(S(=O)(=O)N(C)c3cccc(Cl)c3)c2)c(C)c1. The number of nitrogens with zero attached hydrogens (tertiary/aromatic N) is 1. The molecule has 0 heterocycles. The van der Waals surface area contributed by atoms with Crippen LogP contribution >= 0.6 is 11.6 Å². The van der Waals surface area contributed by atoms with E-state index in [0.29, 0.717) is 27.5 Å². The molecule has 3 aromatic rings. The fourth-order valence-corrected chi connectivity index (χ4v) is 4.43. The summed E-state index contributed by atoms with van der Waals surface area (Å²) in [5.41, 5.74) is 2.08. The number of benzene rings is 3. The first-order valence-electron chi connectivity index (χ1n) is 9.48. The highest BCUT2D eigenvalue weighted by molar-refractivity contribution is 7.92. The lowest BCUT2D eigenvalue weighted by molar-refractivity contribution is 0.0600. The van der Waals surface area contributed by atoms with Gasteiger partial charge in [0.1, 0.15) is 0 Å². The van der Waals surface area contributed by atoms with E-state index in [4.69, 9.17) is 11.6 Å². The van der Waals surface area contributed by atoms with Crippen LogP contribution in [0.25, 0.3) is 0 Å². The largest absolute Gasteiger partial charge is 0.465 e. The highest BCUT2D eigenvalue weighted by atomic mass is 35.5. The number of aryl methyl sites for hydroxylation is 1. The Morgan fingerprint density at radius 3 is 2.34 bits per heavy atom. The number of esters is 1. The Kier molecular flexibility index (Phi) is 6.86. The van der Waals surface area contributed by atoms with Crippen LogP contribution in [-0.2, 0) is 14.8 Å². The molecule has 32 heavy (non-hydrogen) atoms. The van der Waals surface area contributed by atoms with Crippen molar-refractivity contribution in [2.45, 2.75) is 11.8 Å². The van der Waals surface area contributed by atoms with Crippen LogP contribution in [0.1, 0.15) is 26.3 Å². The number of ether oxygens (including phenoxy) is 1. The molecule has 3 aromatic carbocycles. The van der Waals surface area contributed by atoms with E-state index in [1.807, 2.05) is 0 Å². The predicted molar refractivity (Wildman–Crippen MR) is 124 cm³/mol. The second kappa shape index (κ2) is 9.42. The van der Waals surface area contributed by atoms with E-state index in [1.54, 1.807) is 37.3 Å². The van der Waals surface area contributed by atoms with Crippen LogP contribution < -0.4 is 9.62 Å². The molecule has 0 aromatic heterocycles. The van der Waals surface area contributed by atoms with Crippen molar-refractivity contribution >= 4 is 44.9 Å². The Balaban J connectivity index is 1.85. The molecule has 0 saturated carbocycles. The van der Waals surface area contributed by atoms with Gasteiger partial charge in [0.25, 0.3) is 15.9 Å². The summed E-state index contributed by atoms with van der Waals surface area (Å²) < 4.78 is 31.9. The second-order valence-corrected chi connectivity index (χ2v) is 9.36. The quantitative estimate of drug-likeness (QED) is 0.533. The molecule has 0 bridgehead atoms. The molecule has 0 unspecified atom stereocenters. The Morgan fingerprint density at radius 1 is 0.969 bits per heavy atom. The molecule has 0 fully saturated rings. The van der Waals surface area contributed by atoms with Crippen molar-refractivity contribution in [1.82, 2.24) is 0 Å². The molecule has 9 heteroatoms. The number of carbonyl (C=O) groups excluding carboxylic acids is 2. The monoisotopic (exact) mass is 472 g/mol. The number of sulfonamides is 1. The van der Waals surface area contributed by atoms with Crippen LogP contribution in [0.3, 0.4) is 0 Å². The van der Waals surface area contributed by atoms with Gasteiger partial charge in [-0.3, -0.25) is 9.10 Å². The highest BCUT2D eigenvalue weighted by Gasteiger charge is 2.23. The van der Waals surface area contributed by atoms with Gasteiger partial charge in [-0.2, -0.15) is 0 Å². The van der Waals surface area contributed by atoms with Crippen LogP contribution in [0.5, 0.6) is 0 Å². The lowest BCUT2D eigenvalue weighted by Crippen LogP contribution is -2.26. The molecular weight excluding hydrogens is 452 g/mol. The number of nitrogens with one attached hydrogen (secondary N) is 1. The van der Waals surface area contributed by atoms with Crippen LogP contribution in [0.4, 0.5) is 11.4 Å². The molecule has 0 atom stereocenters. The van der Waals surface area contributed by atoms with Gasteiger partial charge < -0.3 is 10.1 Å². The molecule has 1 amide bonds. The Bertz CT molecular complexity index is 1290. The minimum Gasteiger partial charge on any atom is -0.465 e. The van der Waals surface area contributed by atoms with Gasteiger partial charge in [-0.1, -0.05) is 23.7 Å². The fourth-order valence-electron chi connectivity index (χ4n) is 3.01. The molecule has 0 aliphatic heterocycles. The lowest BCUT2D eigenvalue weighted by Gasteiger charge is -2.20. The van der Waals surface area contributed by atoms with Gasteiger partial charge in [0.2, 0.25) is 0 Å². The first-order valence-corrected chi connectivity index (χ1v) is 11.3. The van der Waals surface area contributed by atoms with E-state index in [-0.39, 0.29) is 10.5 Å². The van der Waals surface area contributed by atoms with Gasteiger partial charge in [-0.15, -0.1) is 0 Å². The number of halogens is 1. The molecule has 0 aliphatic carbocycles. The van der Waals surface area contributed by atoms with Crippen LogP contribution in [0, 0.1) is 6.92 Å². The summed E-state index contributed by atoms with van der Waals surface area (Å²) in [6.07, 6.45) is 0. The van der Waals surface area contributed by atoms with Gasteiger partial charge >= 0.3 is 5.97 Å². The van der Waals surface area contributed by atoms with Crippen molar-refractivity contribution in [1.29, 1.82) is 0 Å². The minimum atomic E-state index is -3.92. The van der Waals surface area contributed by atoms with E-state index in [1.165, 1.54) is 50.6 Å². The number of hydrogen-bond donors (Lipinski definition) is 1. The van der Waals surface area contributed by atoms with Gasteiger partial charge in [0.15, 0.2) is 0 Å². The van der Waals surface area contributed by atoms with Gasteiger partial charge in [-0.25, -0.2) is 13.2 Å². The van der Waals surface area contributed by atoms with E-state index in [9.17, 15) is 18.0 Å². The number of anilines is 2. The summed E-state index contributed by atoms with van der Waals surface area (Å²) in [5, 5.41) is 3.15. The second-order valence-electron chi connectivity index (χ2n) is 6.96. The molecule has 0 saturated heterocycles. The zero-order valence-corrected chi connectivity index (χ0v) is 19.2. The van der Waals surface area contributed by atoms with Crippen molar-refractivity contribution in [3.05, 3.63) is 88.4 Å². The summed E-state index contributed by atoms with van der Waals surface area (Å²) in [4.78, 5) is 24.4. The van der Waals surface area contributed by atoms with E-state index < -0.39 is 21.9 Å². The number of hydrogen-bond acceptors (Lipinski definition) is 5. The number of methoxy groups -OCH3 is 1. The summed E-state index contributed by atoms with van der Waals surface area (Å²) >= 11 is 5.98. The third kappa shape index (κ3) is 4.92. The maximum atomic E-state index is 13.1. The topological polar surface area (TPSA) is 92.8 Å².